The maximum Gasteiger partial charge on any atom is 0.251 e. The molecule has 2 amide bonds. The molecular formula is C13H14ClFN2O2. The van der Waals surface area contributed by atoms with Crippen molar-refractivity contribution >= 4 is 23.4 Å². The number of amides is 2. The molecule has 0 spiro atoms. The first kappa shape index (κ1) is 13.8. The van der Waals surface area contributed by atoms with Crippen LogP contribution in [0.15, 0.2) is 24.3 Å². The summed E-state index contributed by atoms with van der Waals surface area (Å²) < 4.78 is 12.7. The topological polar surface area (TPSA) is 49.4 Å². The first-order valence-electron chi connectivity index (χ1n) is 5.97. The highest BCUT2D eigenvalue weighted by molar-refractivity contribution is 6.27. The molecule has 1 aromatic rings. The molecule has 6 heteroatoms. The Kier molecular flexibility index (Phi) is 4.37. The number of rotatable bonds is 4. The quantitative estimate of drug-likeness (QED) is 0.846. The molecular weight excluding hydrogens is 271 g/mol. The zero-order chi connectivity index (χ0) is 13.8. The van der Waals surface area contributed by atoms with Gasteiger partial charge in [0, 0.05) is 31.1 Å². The number of carbonyl (C=O) groups excluding carboxylic acids is 2. The number of hydrogen-bond donors (Lipinski definition) is 1. The number of likely N-dealkylation sites (tertiary alicyclic amines) is 1. The van der Waals surface area contributed by atoms with Gasteiger partial charge >= 0.3 is 0 Å². The highest BCUT2D eigenvalue weighted by Crippen LogP contribution is 2.15. The van der Waals surface area contributed by atoms with Gasteiger partial charge < -0.3 is 10.2 Å². The molecule has 0 atom stereocenters. The summed E-state index contributed by atoms with van der Waals surface area (Å²) in [6.07, 6.45) is 0. The smallest absolute Gasteiger partial charge is 0.251 e. The van der Waals surface area contributed by atoms with E-state index in [4.69, 9.17) is 11.6 Å². The number of nitrogens with one attached hydrogen (secondary N) is 1. The Labute approximate surface area is 115 Å². The predicted octanol–water partition coefficient (Wildman–Crippen LogP) is 1.25. The van der Waals surface area contributed by atoms with Crippen molar-refractivity contribution in [3.05, 3.63) is 35.6 Å². The molecule has 2 rings (SSSR count). The molecule has 0 radical (unpaired) electrons. The van der Waals surface area contributed by atoms with Crippen LogP contribution in [0.25, 0.3) is 0 Å². The van der Waals surface area contributed by atoms with Gasteiger partial charge in [-0.05, 0) is 24.3 Å². The summed E-state index contributed by atoms with van der Waals surface area (Å²) in [5.74, 6) is -0.429. The van der Waals surface area contributed by atoms with Crippen molar-refractivity contribution in [2.24, 2.45) is 5.92 Å². The second-order valence-electron chi connectivity index (χ2n) is 4.52. The Morgan fingerprint density at radius 2 is 1.95 bits per heavy atom. The molecule has 1 aromatic carbocycles. The van der Waals surface area contributed by atoms with E-state index in [2.05, 4.69) is 5.32 Å². The Hall–Kier alpha value is -1.62. The summed E-state index contributed by atoms with van der Waals surface area (Å²) in [7, 11) is 0. The summed E-state index contributed by atoms with van der Waals surface area (Å²) in [5.41, 5.74) is 0.425. The van der Waals surface area contributed by atoms with E-state index in [0.717, 1.165) is 0 Å². The first-order chi connectivity index (χ1) is 9.10. The van der Waals surface area contributed by atoms with Crippen LogP contribution < -0.4 is 5.32 Å². The number of halogens is 2. The lowest BCUT2D eigenvalue weighted by Gasteiger charge is -2.39. The Bertz CT molecular complexity index is 472. The fourth-order valence-electron chi connectivity index (χ4n) is 1.93. The summed E-state index contributed by atoms with van der Waals surface area (Å²) in [4.78, 5) is 24.6. The average molecular weight is 285 g/mol. The Balaban J connectivity index is 1.74. The standard InChI is InChI=1S/C13H14ClFN2O2/c14-5-12(18)17-7-9(8-17)6-16-13(19)10-1-3-11(15)4-2-10/h1-4,9H,5-8H2,(H,16,19). The van der Waals surface area contributed by atoms with Gasteiger partial charge in [0.05, 0.1) is 0 Å². The number of benzene rings is 1. The SMILES string of the molecule is O=C(NCC1CN(C(=O)CCl)C1)c1ccc(F)cc1. The van der Waals surface area contributed by atoms with Crippen molar-refractivity contribution < 1.29 is 14.0 Å². The van der Waals surface area contributed by atoms with E-state index in [1.807, 2.05) is 0 Å². The highest BCUT2D eigenvalue weighted by atomic mass is 35.5. The first-order valence-corrected chi connectivity index (χ1v) is 6.51. The zero-order valence-corrected chi connectivity index (χ0v) is 11.0. The minimum absolute atomic E-state index is 0.00530. The largest absolute Gasteiger partial charge is 0.352 e. The molecule has 102 valence electrons. The molecule has 1 aliphatic heterocycles. The lowest BCUT2D eigenvalue weighted by Crippen LogP contribution is -2.54. The van der Waals surface area contributed by atoms with Crippen LogP contribution in [-0.4, -0.2) is 42.2 Å². The van der Waals surface area contributed by atoms with Crippen LogP contribution in [0.2, 0.25) is 0 Å². The normalized spacial score (nSPS) is 14.9. The van der Waals surface area contributed by atoms with E-state index >= 15 is 0 Å². The maximum atomic E-state index is 12.7. The second-order valence-corrected chi connectivity index (χ2v) is 4.78. The van der Waals surface area contributed by atoms with Gasteiger partial charge in [-0.3, -0.25) is 9.59 Å². The van der Waals surface area contributed by atoms with Gasteiger partial charge in [-0.2, -0.15) is 0 Å². The van der Waals surface area contributed by atoms with Crippen LogP contribution in [0.1, 0.15) is 10.4 Å². The highest BCUT2D eigenvalue weighted by Gasteiger charge is 2.29. The molecule has 0 aliphatic carbocycles. The van der Waals surface area contributed by atoms with Crippen molar-refractivity contribution in [1.29, 1.82) is 0 Å². The molecule has 0 bridgehead atoms. The number of alkyl halides is 1. The Morgan fingerprint density at radius 3 is 2.53 bits per heavy atom. The molecule has 4 nitrogen and oxygen atoms in total. The van der Waals surface area contributed by atoms with Crippen molar-refractivity contribution in [3.63, 3.8) is 0 Å². The van der Waals surface area contributed by atoms with Crippen molar-refractivity contribution in [3.8, 4) is 0 Å². The molecule has 1 N–H and O–H groups in total. The third-order valence-electron chi connectivity index (χ3n) is 3.08. The van der Waals surface area contributed by atoms with E-state index in [0.29, 0.717) is 25.2 Å². The van der Waals surface area contributed by atoms with Crippen LogP contribution in [-0.2, 0) is 4.79 Å². The summed E-state index contributed by atoms with van der Waals surface area (Å²) >= 11 is 5.44. The van der Waals surface area contributed by atoms with Gasteiger partial charge in [-0.15, -0.1) is 11.6 Å². The lowest BCUT2D eigenvalue weighted by atomic mass is 10.00. The molecule has 19 heavy (non-hydrogen) atoms. The van der Waals surface area contributed by atoms with Crippen LogP contribution in [0.5, 0.6) is 0 Å². The average Bonchev–Trinajstić information content (AvgIpc) is 2.37. The van der Waals surface area contributed by atoms with Gasteiger partial charge in [0.15, 0.2) is 0 Å². The summed E-state index contributed by atoms with van der Waals surface area (Å²) in [6, 6.07) is 5.38. The Morgan fingerprint density at radius 1 is 1.32 bits per heavy atom. The lowest BCUT2D eigenvalue weighted by molar-refractivity contribution is -0.134. The van der Waals surface area contributed by atoms with Crippen LogP contribution in [0, 0.1) is 11.7 Å². The molecule has 0 aromatic heterocycles. The van der Waals surface area contributed by atoms with Crippen molar-refractivity contribution in [2.75, 3.05) is 25.5 Å². The van der Waals surface area contributed by atoms with Gasteiger partial charge in [0.25, 0.3) is 5.91 Å². The van der Waals surface area contributed by atoms with E-state index in [-0.39, 0.29) is 29.4 Å². The monoisotopic (exact) mass is 284 g/mol. The zero-order valence-electron chi connectivity index (χ0n) is 10.2. The number of hydrogen-bond acceptors (Lipinski definition) is 2. The number of carbonyl (C=O) groups is 2. The van der Waals surface area contributed by atoms with E-state index in [1.54, 1.807) is 4.90 Å². The second kappa shape index (κ2) is 6.02. The fourth-order valence-corrected chi connectivity index (χ4v) is 2.10. The van der Waals surface area contributed by atoms with Gasteiger partial charge in [0.2, 0.25) is 5.91 Å². The van der Waals surface area contributed by atoms with E-state index in [1.165, 1.54) is 24.3 Å². The minimum Gasteiger partial charge on any atom is -0.352 e. The molecule has 0 unspecified atom stereocenters. The molecule has 0 saturated carbocycles. The number of nitrogens with zero attached hydrogens (tertiary/aromatic N) is 1. The van der Waals surface area contributed by atoms with Crippen LogP contribution in [0.3, 0.4) is 0 Å². The van der Waals surface area contributed by atoms with E-state index < -0.39 is 0 Å². The molecule has 1 fully saturated rings. The minimum atomic E-state index is -0.370. The van der Waals surface area contributed by atoms with Crippen LogP contribution in [0.4, 0.5) is 4.39 Å². The van der Waals surface area contributed by atoms with Crippen molar-refractivity contribution in [1.82, 2.24) is 10.2 Å². The van der Waals surface area contributed by atoms with Gasteiger partial charge in [-0.25, -0.2) is 4.39 Å². The van der Waals surface area contributed by atoms with Crippen molar-refractivity contribution in [2.45, 2.75) is 0 Å². The van der Waals surface area contributed by atoms with E-state index in [9.17, 15) is 14.0 Å². The fraction of sp³-hybridized carbons (Fsp3) is 0.385. The molecule has 1 aliphatic rings. The van der Waals surface area contributed by atoms with Gasteiger partial charge in [0.1, 0.15) is 11.7 Å². The predicted molar refractivity (Wildman–Crippen MR) is 69.5 cm³/mol. The van der Waals surface area contributed by atoms with Gasteiger partial charge in [-0.1, -0.05) is 0 Å². The molecule has 1 saturated heterocycles. The van der Waals surface area contributed by atoms with Crippen LogP contribution >= 0.6 is 11.6 Å². The summed E-state index contributed by atoms with van der Waals surface area (Å²) in [6.45, 7) is 1.74. The maximum absolute atomic E-state index is 12.7. The molecule has 1 heterocycles. The summed E-state index contributed by atoms with van der Waals surface area (Å²) in [5, 5.41) is 2.77. The third-order valence-corrected chi connectivity index (χ3v) is 3.31. The third kappa shape index (κ3) is 3.44.